The summed E-state index contributed by atoms with van der Waals surface area (Å²) in [5.74, 6) is 0.129. The van der Waals surface area contributed by atoms with Crippen LogP contribution in [-0.2, 0) is 4.79 Å². The number of nitrogens with one attached hydrogen (secondary N) is 1. The highest BCUT2D eigenvalue weighted by atomic mass is 79.9. The second kappa shape index (κ2) is 4.89. The first kappa shape index (κ1) is 12.8. The number of alkyl halides is 1. The molecule has 0 fully saturated rings. The summed E-state index contributed by atoms with van der Waals surface area (Å²) < 4.78 is 4.67. The summed E-state index contributed by atoms with van der Waals surface area (Å²) >= 11 is 3.25. The molecule has 0 unspecified atom stereocenters. The first-order chi connectivity index (χ1) is 8.47. The Labute approximate surface area is 113 Å². The molecular weight excluding hydrogens is 298 g/mol. The Kier molecular flexibility index (Phi) is 3.47. The molecule has 18 heavy (non-hydrogen) atoms. The summed E-state index contributed by atoms with van der Waals surface area (Å²) in [5.41, 5.74) is 0.809. The van der Waals surface area contributed by atoms with Crippen LogP contribution in [0.2, 0.25) is 0 Å². The van der Waals surface area contributed by atoms with Gasteiger partial charge in [0, 0.05) is 5.56 Å². The minimum atomic E-state index is -0.686. The Balaban J connectivity index is 2.15. The Morgan fingerprint density at radius 2 is 1.94 bits per heavy atom. The van der Waals surface area contributed by atoms with E-state index in [2.05, 4.69) is 31.4 Å². The van der Waals surface area contributed by atoms with E-state index in [0.29, 0.717) is 5.89 Å². The van der Waals surface area contributed by atoms with Crippen molar-refractivity contribution in [1.29, 1.82) is 0 Å². The quantitative estimate of drug-likeness (QED) is 0.885. The highest BCUT2D eigenvalue weighted by molar-refractivity contribution is 9.10. The summed E-state index contributed by atoms with van der Waals surface area (Å²) in [6.45, 7) is 3.47. The molecule has 0 atom stereocenters. The average Bonchev–Trinajstić information content (AvgIpc) is 2.77. The molecular formula is C12H12BrN3O2. The van der Waals surface area contributed by atoms with Gasteiger partial charge in [0.2, 0.25) is 11.8 Å². The van der Waals surface area contributed by atoms with Crippen LogP contribution in [0.5, 0.6) is 0 Å². The molecule has 0 saturated heterocycles. The molecule has 0 bridgehead atoms. The van der Waals surface area contributed by atoms with Crippen LogP contribution in [0.25, 0.3) is 11.5 Å². The van der Waals surface area contributed by atoms with Crippen molar-refractivity contribution in [2.24, 2.45) is 0 Å². The number of carbonyl (C=O) groups is 1. The van der Waals surface area contributed by atoms with Gasteiger partial charge in [-0.3, -0.25) is 10.1 Å². The van der Waals surface area contributed by atoms with Gasteiger partial charge in [-0.2, -0.15) is 0 Å². The Morgan fingerprint density at radius 3 is 2.56 bits per heavy atom. The number of hydrogen-bond acceptors (Lipinski definition) is 4. The van der Waals surface area contributed by atoms with E-state index in [4.69, 9.17) is 4.42 Å². The lowest BCUT2D eigenvalue weighted by Gasteiger charge is -2.12. The fraction of sp³-hybridized carbons (Fsp3) is 0.250. The SMILES string of the molecule is CC(C)(Br)C(=O)Nc1nnc(-c2ccccc2)o1. The first-order valence-electron chi connectivity index (χ1n) is 5.36. The van der Waals surface area contributed by atoms with Crippen LogP contribution in [0.3, 0.4) is 0 Å². The van der Waals surface area contributed by atoms with Crippen LogP contribution >= 0.6 is 15.9 Å². The van der Waals surface area contributed by atoms with Crippen LogP contribution in [0.1, 0.15) is 13.8 Å². The van der Waals surface area contributed by atoms with Gasteiger partial charge in [0.1, 0.15) is 0 Å². The Hall–Kier alpha value is -1.69. The Morgan fingerprint density at radius 1 is 1.28 bits per heavy atom. The van der Waals surface area contributed by atoms with Gasteiger partial charge in [0.05, 0.1) is 4.32 Å². The van der Waals surface area contributed by atoms with Gasteiger partial charge in [-0.1, -0.05) is 39.2 Å². The number of nitrogens with zero attached hydrogens (tertiary/aromatic N) is 2. The molecule has 5 nitrogen and oxygen atoms in total. The molecule has 0 aliphatic heterocycles. The van der Waals surface area contributed by atoms with Gasteiger partial charge < -0.3 is 4.42 Å². The van der Waals surface area contributed by atoms with E-state index in [0.717, 1.165) is 5.56 Å². The number of aromatic nitrogens is 2. The number of amides is 1. The van der Waals surface area contributed by atoms with E-state index < -0.39 is 4.32 Å². The topological polar surface area (TPSA) is 68.0 Å². The van der Waals surface area contributed by atoms with Crippen LogP contribution < -0.4 is 5.32 Å². The molecule has 2 aromatic rings. The van der Waals surface area contributed by atoms with Crippen molar-refractivity contribution < 1.29 is 9.21 Å². The molecule has 1 N–H and O–H groups in total. The zero-order chi connectivity index (χ0) is 13.2. The highest BCUT2D eigenvalue weighted by Gasteiger charge is 2.25. The summed E-state index contributed by atoms with van der Waals surface area (Å²) in [6.07, 6.45) is 0. The molecule has 6 heteroatoms. The van der Waals surface area contributed by atoms with Crippen molar-refractivity contribution in [2.45, 2.75) is 18.2 Å². The van der Waals surface area contributed by atoms with Gasteiger partial charge in [-0.15, -0.1) is 5.10 Å². The van der Waals surface area contributed by atoms with E-state index in [9.17, 15) is 4.79 Å². The number of anilines is 1. The van der Waals surface area contributed by atoms with E-state index in [-0.39, 0.29) is 11.9 Å². The average molecular weight is 310 g/mol. The minimum absolute atomic E-state index is 0.0892. The van der Waals surface area contributed by atoms with Crippen molar-refractivity contribution in [3.05, 3.63) is 30.3 Å². The number of benzene rings is 1. The van der Waals surface area contributed by atoms with E-state index in [1.807, 2.05) is 30.3 Å². The summed E-state index contributed by atoms with van der Waals surface area (Å²) in [6, 6.07) is 9.45. The molecule has 1 aromatic heterocycles. The normalized spacial score (nSPS) is 11.3. The smallest absolute Gasteiger partial charge is 0.322 e. The molecule has 0 saturated carbocycles. The lowest BCUT2D eigenvalue weighted by Crippen LogP contribution is -2.31. The van der Waals surface area contributed by atoms with Gasteiger partial charge in [0.25, 0.3) is 0 Å². The van der Waals surface area contributed by atoms with E-state index in [1.54, 1.807) is 13.8 Å². The molecule has 0 radical (unpaired) electrons. The summed E-state index contributed by atoms with van der Waals surface area (Å²) in [7, 11) is 0. The third-order valence-electron chi connectivity index (χ3n) is 2.21. The largest absolute Gasteiger partial charge is 0.403 e. The Bertz CT molecular complexity index is 546. The maximum Gasteiger partial charge on any atom is 0.322 e. The maximum absolute atomic E-state index is 11.7. The number of carbonyl (C=O) groups excluding carboxylic acids is 1. The molecule has 0 spiro atoms. The zero-order valence-electron chi connectivity index (χ0n) is 9.98. The van der Waals surface area contributed by atoms with E-state index in [1.165, 1.54) is 0 Å². The monoisotopic (exact) mass is 309 g/mol. The predicted octanol–water partition coefficient (Wildman–Crippen LogP) is 2.85. The summed E-state index contributed by atoms with van der Waals surface area (Å²) in [4.78, 5) is 11.7. The predicted molar refractivity (Wildman–Crippen MR) is 71.4 cm³/mol. The van der Waals surface area contributed by atoms with Crippen molar-refractivity contribution in [2.75, 3.05) is 5.32 Å². The molecule has 0 aliphatic carbocycles. The molecule has 0 aliphatic rings. The molecule has 1 aromatic carbocycles. The van der Waals surface area contributed by atoms with Crippen molar-refractivity contribution in [3.8, 4) is 11.5 Å². The molecule has 1 amide bonds. The third-order valence-corrected chi connectivity index (χ3v) is 2.57. The van der Waals surface area contributed by atoms with Gasteiger partial charge in [0.15, 0.2) is 0 Å². The first-order valence-corrected chi connectivity index (χ1v) is 6.15. The van der Waals surface area contributed by atoms with Crippen molar-refractivity contribution in [1.82, 2.24) is 10.2 Å². The summed E-state index contributed by atoms with van der Waals surface area (Å²) in [5, 5.41) is 10.2. The standard InChI is InChI=1S/C12H12BrN3O2/c1-12(2,13)10(17)14-11-16-15-9(18-11)8-6-4-3-5-7-8/h3-7H,1-2H3,(H,14,16,17). The second-order valence-corrected chi connectivity index (χ2v) is 6.19. The fourth-order valence-corrected chi connectivity index (χ4v) is 1.32. The van der Waals surface area contributed by atoms with Crippen LogP contribution in [0.15, 0.2) is 34.7 Å². The molecule has 94 valence electrons. The lowest BCUT2D eigenvalue weighted by molar-refractivity contribution is -0.117. The van der Waals surface area contributed by atoms with Crippen LogP contribution in [0.4, 0.5) is 6.01 Å². The molecule has 1 heterocycles. The second-order valence-electron chi connectivity index (χ2n) is 4.20. The van der Waals surface area contributed by atoms with Gasteiger partial charge in [-0.05, 0) is 26.0 Å². The maximum atomic E-state index is 11.7. The van der Waals surface area contributed by atoms with Crippen LogP contribution in [0, 0.1) is 0 Å². The number of hydrogen-bond donors (Lipinski definition) is 1. The highest BCUT2D eigenvalue weighted by Crippen LogP contribution is 2.21. The minimum Gasteiger partial charge on any atom is -0.403 e. The third kappa shape index (κ3) is 2.95. The van der Waals surface area contributed by atoms with Crippen LogP contribution in [-0.4, -0.2) is 20.4 Å². The zero-order valence-corrected chi connectivity index (χ0v) is 11.6. The van der Waals surface area contributed by atoms with Gasteiger partial charge in [-0.25, -0.2) is 0 Å². The number of rotatable bonds is 3. The van der Waals surface area contributed by atoms with E-state index >= 15 is 0 Å². The van der Waals surface area contributed by atoms with Crippen molar-refractivity contribution >= 4 is 27.9 Å². The lowest BCUT2D eigenvalue weighted by atomic mass is 10.2. The molecule has 2 rings (SSSR count). The fourth-order valence-electron chi connectivity index (χ4n) is 1.22. The van der Waals surface area contributed by atoms with Gasteiger partial charge >= 0.3 is 6.01 Å². The number of halogens is 1. The van der Waals surface area contributed by atoms with Crippen molar-refractivity contribution in [3.63, 3.8) is 0 Å².